The molecule has 2 amide bonds. The normalized spacial score (nSPS) is 15.6. The monoisotopic (exact) mass is 295 g/mol. The molecule has 19 heavy (non-hydrogen) atoms. The molecule has 0 spiro atoms. The third-order valence-electron chi connectivity index (χ3n) is 2.90. The summed E-state index contributed by atoms with van der Waals surface area (Å²) in [5.74, 6) is 2.18. The van der Waals surface area contributed by atoms with Gasteiger partial charge in [0.15, 0.2) is 0 Å². The molecule has 1 aliphatic heterocycles. The minimum atomic E-state index is -0.224. The average molecular weight is 296 g/mol. The van der Waals surface area contributed by atoms with E-state index in [0.717, 1.165) is 24.3 Å². The average Bonchev–Trinajstić information content (AvgIpc) is 2.40. The number of carbonyl (C=O) groups excluding carboxylic acids is 1. The molecule has 1 fully saturated rings. The highest BCUT2D eigenvalue weighted by Gasteiger charge is 2.15. The second kappa shape index (κ2) is 6.69. The lowest BCUT2D eigenvalue weighted by molar-refractivity contribution is 0.247. The summed E-state index contributed by atoms with van der Waals surface area (Å²) >= 11 is 7.82. The largest absolute Gasteiger partial charge is 0.335 e. The molecule has 0 aliphatic carbocycles. The Hall–Kier alpha value is -1.38. The molecule has 1 aromatic rings. The van der Waals surface area contributed by atoms with Gasteiger partial charge in [-0.25, -0.2) is 4.79 Å². The van der Waals surface area contributed by atoms with Crippen LogP contribution in [0.3, 0.4) is 0 Å². The fourth-order valence-corrected chi connectivity index (χ4v) is 3.21. The van der Waals surface area contributed by atoms with Crippen LogP contribution >= 0.6 is 23.4 Å². The molecule has 1 aromatic carbocycles. The zero-order valence-electron chi connectivity index (χ0n) is 10.3. The van der Waals surface area contributed by atoms with Crippen molar-refractivity contribution in [3.8, 4) is 6.07 Å². The van der Waals surface area contributed by atoms with Gasteiger partial charge in [0.25, 0.3) is 0 Å². The van der Waals surface area contributed by atoms with Crippen LogP contribution in [0, 0.1) is 11.3 Å². The molecule has 6 heteroatoms. The minimum absolute atomic E-state index is 0.224. The quantitative estimate of drug-likeness (QED) is 0.880. The van der Waals surface area contributed by atoms with Gasteiger partial charge in [-0.1, -0.05) is 11.6 Å². The maximum Gasteiger partial charge on any atom is 0.319 e. The van der Waals surface area contributed by atoms with Gasteiger partial charge in [0.1, 0.15) is 6.07 Å². The fourth-order valence-electron chi connectivity index (χ4n) is 1.88. The van der Waals surface area contributed by atoms with Gasteiger partial charge < -0.3 is 10.6 Å². The molecule has 0 radical (unpaired) electrons. The molecule has 0 saturated carbocycles. The van der Waals surface area contributed by atoms with Gasteiger partial charge >= 0.3 is 6.03 Å². The highest BCUT2D eigenvalue weighted by atomic mass is 35.5. The van der Waals surface area contributed by atoms with E-state index in [9.17, 15) is 4.79 Å². The number of nitrogens with one attached hydrogen (secondary N) is 2. The van der Waals surface area contributed by atoms with Crippen molar-refractivity contribution in [2.75, 3.05) is 16.8 Å². The highest BCUT2D eigenvalue weighted by molar-refractivity contribution is 7.99. The number of thioether (sulfide) groups is 1. The van der Waals surface area contributed by atoms with Crippen LogP contribution in [-0.4, -0.2) is 23.6 Å². The molecule has 100 valence electrons. The van der Waals surface area contributed by atoms with Crippen molar-refractivity contribution in [3.63, 3.8) is 0 Å². The van der Waals surface area contributed by atoms with Crippen molar-refractivity contribution >= 4 is 35.1 Å². The maximum atomic E-state index is 11.8. The van der Waals surface area contributed by atoms with Crippen molar-refractivity contribution in [3.05, 3.63) is 28.8 Å². The lowest BCUT2D eigenvalue weighted by Crippen LogP contribution is -2.39. The van der Waals surface area contributed by atoms with E-state index in [0.29, 0.717) is 16.3 Å². The number of rotatable bonds is 2. The molecule has 0 bridgehead atoms. The number of anilines is 1. The highest BCUT2D eigenvalue weighted by Crippen LogP contribution is 2.20. The second-order valence-corrected chi connectivity index (χ2v) is 5.92. The summed E-state index contributed by atoms with van der Waals surface area (Å²) in [6.07, 6.45) is 2.01. The van der Waals surface area contributed by atoms with Gasteiger partial charge in [0.05, 0.1) is 10.6 Å². The number of benzene rings is 1. The van der Waals surface area contributed by atoms with E-state index in [4.69, 9.17) is 16.9 Å². The number of amides is 2. The number of hydrogen-bond acceptors (Lipinski definition) is 3. The van der Waals surface area contributed by atoms with Crippen LogP contribution < -0.4 is 10.6 Å². The predicted octanol–water partition coefficient (Wildman–Crippen LogP) is 3.23. The Morgan fingerprint density at radius 3 is 2.79 bits per heavy atom. The Morgan fingerprint density at radius 2 is 2.16 bits per heavy atom. The Bertz CT molecular complexity index is 509. The Morgan fingerprint density at radius 1 is 1.42 bits per heavy atom. The van der Waals surface area contributed by atoms with Gasteiger partial charge in [-0.15, -0.1) is 0 Å². The van der Waals surface area contributed by atoms with E-state index in [1.54, 1.807) is 18.2 Å². The molecule has 0 atom stereocenters. The van der Waals surface area contributed by atoms with Crippen molar-refractivity contribution in [2.24, 2.45) is 0 Å². The molecule has 2 rings (SSSR count). The summed E-state index contributed by atoms with van der Waals surface area (Å²) in [4.78, 5) is 11.8. The number of urea groups is 1. The van der Waals surface area contributed by atoms with Crippen LogP contribution in [0.1, 0.15) is 18.4 Å². The predicted molar refractivity (Wildman–Crippen MR) is 78.7 cm³/mol. The molecule has 1 heterocycles. The van der Waals surface area contributed by atoms with Crippen LogP contribution in [0.5, 0.6) is 0 Å². The summed E-state index contributed by atoms with van der Waals surface area (Å²) in [5.41, 5.74) is 0.989. The lowest BCUT2D eigenvalue weighted by atomic mass is 10.1. The van der Waals surface area contributed by atoms with Gasteiger partial charge in [0, 0.05) is 11.7 Å². The topological polar surface area (TPSA) is 64.9 Å². The number of hydrogen-bond donors (Lipinski definition) is 2. The third kappa shape index (κ3) is 4.05. The van der Waals surface area contributed by atoms with E-state index in [1.165, 1.54) is 0 Å². The Balaban J connectivity index is 1.91. The first-order valence-electron chi connectivity index (χ1n) is 6.04. The summed E-state index contributed by atoms with van der Waals surface area (Å²) in [7, 11) is 0. The van der Waals surface area contributed by atoms with Gasteiger partial charge in [0.2, 0.25) is 0 Å². The lowest BCUT2D eigenvalue weighted by Gasteiger charge is -2.22. The molecular weight excluding hydrogens is 282 g/mol. The first-order chi connectivity index (χ1) is 9.19. The van der Waals surface area contributed by atoms with Crippen molar-refractivity contribution in [2.45, 2.75) is 18.9 Å². The van der Waals surface area contributed by atoms with Crippen molar-refractivity contribution in [1.82, 2.24) is 5.32 Å². The first kappa shape index (κ1) is 14.0. The van der Waals surface area contributed by atoms with E-state index < -0.39 is 0 Å². The van der Waals surface area contributed by atoms with Crippen LogP contribution in [0.15, 0.2) is 18.2 Å². The standard InChI is InChI=1S/C13H14ClN3OS/c14-12-7-11(2-1-9(12)8-15)17-13(18)16-10-3-5-19-6-4-10/h1-2,7,10H,3-6H2,(H2,16,17,18). The van der Waals surface area contributed by atoms with Gasteiger partial charge in [-0.2, -0.15) is 17.0 Å². The number of nitrogens with zero attached hydrogens (tertiary/aromatic N) is 1. The Kier molecular flexibility index (Phi) is 4.94. The van der Waals surface area contributed by atoms with E-state index in [2.05, 4.69) is 10.6 Å². The molecule has 1 saturated heterocycles. The van der Waals surface area contributed by atoms with E-state index in [1.807, 2.05) is 17.8 Å². The number of carbonyl (C=O) groups is 1. The van der Waals surface area contributed by atoms with E-state index >= 15 is 0 Å². The molecule has 2 N–H and O–H groups in total. The molecular formula is C13H14ClN3OS. The van der Waals surface area contributed by atoms with Gasteiger partial charge in [-0.05, 0) is 42.5 Å². The summed E-state index contributed by atoms with van der Waals surface area (Å²) in [6.45, 7) is 0. The van der Waals surface area contributed by atoms with Crippen LogP contribution in [0.4, 0.5) is 10.5 Å². The zero-order valence-corrected chi connectivity index (χ0v) is 11.9. The van der Waals surface area contributed by atoms with Crippen LogP contribution in [-0.2, 0) is 0 Å². The maximum absolute atomic E-state index is 11.8. The Labute approximate surface area is 121 Å². The summed E-state index contributed by atoms with van der Waals surface area (Å²) < 4.78 is 0. The molecule has 0 unspecified atom stereocenters. The van der Waals surface area contributed by atoms with E-state index in [-0.39, 0.29) is 12.1 Å². The molecule has 4 nitrogen and oxygen atoms in total. The zero-order chi connectivity index (χ0) is 13.7. The fraction of sp³-hybridized carbons (Fsp3) is 0.385. The molecule has 0 aromatic heterocycles. The number of halogens is 1. The third-order valence-corrected chi connectivity index (χ3v) is 4.27. The second-order valence-electron chi connectivity index (χ2n) is 4.29. The van der Waals surface area contributed by atoms with Gasteiger partial charge in [-0.3, -0.25) is 0 Å². The van der Waals surface area contributed by atoms with Crippen molar-refractivity contribution < 1.29 is 4.79 Å². The molecule has 1 aliphatic rings. The SMILES string of the molecule is N#Cc1ccc(NC(=O)NC2CCSCC2)cc1Cl. The van der Waals surface area contributed by atoms with Crippen LogP contribution in [0.2, 0.25) is 5.02 Å². The van der Waals surface area contributed by atoms with Crippen molar-refractivity contribution in [1.29, 1.82) is 5.26 Å². The first-order valence-corrected chi connectivity index (χ1v) is 7.57. The number of nitriles is 1. The smallest absolute Gasteiger partial charge is 0.319 e. The summed E-state index contributed by atoms with van der Waals surface area (Å²) in [5, 5.41) is 14.8. The minimum Gasteiger partial charge on any atom is -0.335 e. The summed E-state index contributed by atoms with van der Waals surface area (Å²) in [6, 6.07) is 6.84. The van der Waals surface area contributed by atoms with Crippen LogP contribution in [0.25, 0.3) is 0 Å².